The van der Waals surface area contributed by atoms with Crippen molar-refractivity contribution in [3.63, 3.8) is 0 Å². The summed E-state index contributed by atoms with van der Waals surface area (Å²) in [6, 6.07) is 7.52. The fourth-order valence-electron chi connectivity index (χ4n) is 1.86. The Bertz CT molecular complexity index is 746. The summed E-state index contributed by atoms with van der Waals surface area (Å²) in [5, 5.41) is 11.0. The first kappa shape index (κ1) is 11.3. The SMILES string of the molecule is C=Nc1nc(Nc2cc(C)[nH]n2)cc2ncccc12. The van der Waals surface area contributed by atoms with Gasteiger partial charge in [0.15, 0.2) is 11.6 Å². The van der Waals surface area contributed by atoms with Crippen LogP contribution in [0.2, 0.25) is 0 Å². The highest BCUT2D eigenvalue weighted by molar-refractivity contribution is 5.90. The van der Waals surface area contributed by atoms with E-state index in [1.807, 2.05) is 31.2 Å². The fourth-order valence-corrected chi connectivity index (χ4v) is 1.86. The lowest BCUT2D eigenvalue weighted by molar-refractivity contribution is 1.05. The van der Waals surface area contributed by atoms with Crippen molar-refractivity contribution in [2.24, 2.45) is 4.99 Å². The van der Waals surface area contributed by atoms with Crippen LogP contribution >= 0.6 is 0 Å². The lowest BCUT2D eigenvalue weighted by atomic mass is 10.2. The molecule has 0 radical (unpaired) electrons. The van der Waals surface area contributed by atoms with Crippen molar-refractivity contribution in [1.29, 1.82) is 0 Å². The predicted octanol–water partition coefficient (Wildman–Crippen LogP) is 2.74. The summed E-state index contributed by atoms with van der Waals surface area (Å²) in [6.45, 7) is 5.48. The Morgan fingerprint density at radius 2 is 2.21 bits per heavy atom. The van der Waals surface area contributed by atoms with Crippen molar-refractivity contribution in [3.8, 4) is 0 Å². The minimum absolute atomic E-state index is 0.556. The number of H-pyrrole nitrogens is 1. The smallest absolute Gasteiger partial charge is 0.163 e. The van der Waals surface area contributed by atoms with E-state index in [1.54, 1.807) is 6.20 Å². The minimum atomic E-state index is 0.556. The second-order valence-corrected chi connectivity index (χ2v) is 4.12. The zero-order chi connectivity index (χ0) is 13.2. The van der Waals surface area contributed by atoms with Crippen LogP contribution in [0.1, 0.15) is 5.69 Å². The normalized spacial score (nSPS) is 10.6. The van der Waals surface area contributed by atoms with Gasteiger partial charge in [-0.1, -0.05) is 0 Å². The van der Waals surface area contributed by atoms with Gasteiger partial charge in [-0.2, -0.15) is 5.10 Å². The van der Waals surface area contributed by atoms with Gasteiger partial charge in [0.05, 0.1) is 5.52 Å². The molecule has 0 unspecified atom stereocenters. The van der Waals surface area contributed by atoms with Gasteiger partial charge in [-0.3, -0.25) is 10.1 Å². The van der Waals surface area contributed by atoms with E-state index in [0.29, 0.717) is 17.5 Å². The van der Waals surface area contributed by atoms with Crippen LogP contribution in [0.5, 0.6) is 0 Å². The molecule has 0 aliphatic heterocycles. The highest BCUT2D eigenvalue weighted by atomic mass is 15.2. The first-order valence-corrected chi connectivity index (χ1v) is 5.78. The molecule has 94 valence electrons. The zero-order valence-electron chi connectivity index (χ0n) is 10.4. The van der Waals surface area contributed by atoms with Gasteiger partial charge in [0, 0.05) is 29.4 Å². The first-order valence-electron chi connectivity index (χ1n) is 5.78. The molecule has 0 saturated carbocycles. The number of anilines is 2. The van der Waals surface area contributed by atoms with Gasteiger partial charge in [0.1, 0.15) is 5.82 Å². The largest absolute Gasteiger partial charge is 0.323 e. The van der Waals surface area contributed by atoms with Crippen LogP contribution in [-0.4, -0.2) is 26.9 Å². The first-order chi connectivity index (χ1) is 9.26. The summed E-state index contributed by atoms with van der Waals surface area (Å²) >= 11 is 0. The molecule has 3 aromatic heterocycles. The molecule has 0 aliphatic carbocycles. The monoisotopic (exact) mass is 252 g/mol. The Morgan fingerprint density at radius 3 is 2.95 bits per heavy atom. The van der Waals surface area contributed by atoms with Crippen molar-refractivity contribution >= 4 is 35.1 Å². The van der Waals surface area contributed by atoms with Gasteiger partial charge in [-0.15, -0.1) is 0 Å². The molecule has 0 amide bonds. The molecule has 0 aromatic carbocycles. The van der Waals surface area contributed by atoms with E-state index >= 15 is 0 Å². The van der Waals surface area contributed by atoms with Gasteiger partial charge in [0.25, 0.3) is 0 Å². The topological polar surface area (TPSA) is 78.9 Å². The Labute approximate surface area is 109 Å². The standard InChI is InChI=1S/C13H12N6/c1-8-6-12(19-18-8)16-11-7-10-9(4-3-5-15-10)13(14-2)17-11/h3-7H,2H2,1H3,(H2,16,17,18,19). The van der Waals surface area contributed by atoms with E-state index in [-0.39, 0.29) is 0 Å². The second-order valence-electron chi connectivity index (χ2n) is 4.12. The number of aryl methyl sites for hydroxylation is 1. The zero-order valence-corrected chi connectivity index (χ0v) is 10.4. The molecule has 0 bridgehead atoms. The number of nitrogens with one attached hydrogen (secondary N) is 2. The van der Waals surface area contributed by atoms with Crippen LogP contribution in [0, 0.1) is 6.92 Å². The van der Waals surface area contributed by atoms with Crippen LogP contribution in [0.4, 0.5) is 17.5 Å². The lowest BCUT2D eigenvalue weighted by Crippen LogP contribution is -1.95. The number of aromatic amines is 1. The Morgan fingerprint density at radius 1 is 1.32 bits per heavy atom. The van der Waals surface area contributed by atoms with Gasteiger partial charge in [-0.05, 0) is 25.8 Å². The van der Waals surface area contributed by atoms with E-state index in [2.05, 4.69) is 37.2 Å². The molecular weight excluding hydrogens is 240 g/mol. The molecule has 0 saturated heterocycles. The van der Waals surface area contributed by atoms with Crippen LogP contribution in [0.15, 0.2) is 35.5 Å². The van der Waals surface area contributed by atoms with E-state index < -0.39 is 0 Å². The summed E-state index contributed by atoms with van der Waals surface area (Å²) in [4.78, 5) is 12.6. The van der Waals surface area contributed by atoms with Gasteiger partial charge >= 0.3 is 0 Å². The molecule has 2 N–H and O–H groups in total. The molecule has 0 spiro atoms. The predicted molar refractivity (Wildman–Crippen MR) is 75.4 cm³/mol. The number of aromatic nitrogens is 4. The third kappa shape index (κ3) is 2.15. The van der Waals surface area contributed by atoms with Gasteiger partial charge in [0.2, 0.25) is 0 Å². The molecule has 3 aromatic rings. The van der Waals surface area contributed by atoms with Crippen molar-refractivity contribution in [2.75, 3.05) is 5.32 Å². The maximum absolute atomic E-state index is 4.39. The maximum atomic E-state index is 4.39. The quantitative estimate of drug-likeness (QED) is 0.702. The third-order valence-electron chi connectivity index (χ3n) is 2.69. The van der Waals surface area contributed by atoms with Gasteiger partial charge in [-0.25, -0.2) is 9.98 Å². The molecule has 0 aliphatic rings. The molecule has 6 nitrogen and oxygen atoms in total. The summed E-state index contributed by atoms with van der Waals surface area (Å²) in [5.74, 6) is 1.90. The molecular formula is C13H12N6. The number of hydrogen-bond acceptors (Lipinski definition) is 5. The summed E-state index contributed by atoms with van der Waals surface area (Å²) in [5.41, 5.74) is 1.79. The van der Waals surface area contributed by atoms with E-state index in [1.165, 1.54) is 0 Å². The maximum Gasteiger partial charge on any atom is 0.163 e. The van der Waals surface area contributed by atoms with E-state index in [0.717, 1.165) is 16.6 Å². The third-order valence-corrected chi connectivity index (χ3v) is 2.69. The van der Waals surface area contributed by atoms with Crippen LogP contribution in [0.25, 0.3) is 10.9 Å². The summed E-state index contributed by atoms with van der Waals surface area (Å²) in [6.07, 6.45) is 1.73. The van der Waals surface area contributed by atoms with Crippen molar-refractivity contribution in [2.45, 2.75) is 6.92 Å². The van der Waals surface area contributed by atoms with Crippen molar-refractivity contribution < 1.29 is 0 Å². The number of fused-ring (bicyclic) bond motifs is 1. The number of nitrogens with zero attached hydrogens (tertiary/aromatic N) is 4. The lowest BCUT2D eigenvalue weighted by Gasteiger charge is -2.05. The van der Waals surface area contributed by atoms with Gasteiger partial charge < -0.3 is 5.32 Å². The average molecular weight is 252 g/mol. The highest BCUT2D eigenvalue weighted by Gasteiger charge is 2.06. The molecule has 19 heavy (non-hydrogen) atoms. The summed E-state index contributed by atoms with van der Waals surface area (Å²) in [7, 11) is 0. The Balaban J connectivity index is 2.06. The van der Waals surface area contributed by atoms with Crippen LogP contribution < -0.4 is 5.32 Å². The minimum Gasteiger partial charge on any atom is -0.323 e. The number of rotatable bonds is 3. The van der Waals surface area contributed by atoms with Crippen LogP contribution in [-0.2, 0) is 0 Å². The number of hydrogen-bond donors (Lipinski definition) is 2. The van der Waals surface area contributed by atoms with Crippen LogP contribution in [0.3, 0.4) is 0 Å². The molecule has 0 fully saturated rings. The molecule has 6 heteroatoms. The van der Waals surface area contributed by atoms with Crippen molar-refractivity contribution in [1.82, 2.24) is 20.2 Å². The Hall–Kier alpha value is -2.76. The second kappa shape index (κ2) is 4.49. The summed E-state index contributed by atoms with van der Waals surface area (Å²) < 4.78 is 0. The molecule has 3 heterocycles. The fraction of sp³-hybridized carbons (Fsp3) is 0.0769. The Kier molecular flexibility index (Phi) is 2.68. The average Bonchev–Trinajstić information content (AvgIpc) is 2.83. The van der Waals surface area contributed by atoms with E-state index in [9.17, 15) is 0 Å². The van der Waals surface area contributed by atoms with Crippen molar-refractivity contribution in [3.05, 3.63) is 36.2 Å². The highest BCUT2D eigenvalue weighted by Crippen LogP contribution is 2.26. The molecule has 0 atom stereocenters. The number of pyridine rings is 2. The number of aliphatic imine (C=N–C) groups is 1. The van der Waals surface area contributed by atoms with E-state index in [4.69, 9.17) is 0 Å². The molecule has 3 rings (SSSR count).